The summed E-state index contributed by atoms with van der Waals surface area (Å²) >= 11 is 5.99. The number of anilines is 2. The van der Waals surface area contributed by atoms with E-state index < -0.39 is 0 Å². The Hall–Kier alpha value is -1.68. The zero-order valence-electron chi connectivity index (χ0n) is 10.2. The van der Waals surface area contributed by atoms with Gasteiger partial charge in [0.1, 0.15) is 23.1 Å². The number of aromatic nitrogens is 2. The lowest BCUT2D eigenvalue weighted by molar-refractivity contribution is 0.627. The minimum atomic E-state index is -0.257. The smallest absolute Gasteiger partial charge is 0.140 e. The van der Waals surface area contributed by atoms with E-state index in [0.29, 0.717) is 11.7 Å². The van der Waals surface area contributed by atoms with Crippen molar-refractivity contribution in [1.82, 2.24) is 9.97 Å². The monoisotopic (exact) mass is 265 g/mol. The molecule has 0 bridgehead atoms. The molecule has 0 fully saturated rings. The maximum atomic E-state index is 12.9. The van der Waals surface area contributed by atoms with Crippen LogP contribution in [0.2, 0.25) is 5.15 Å². The minimum Gasteiger partial charge on any atom is -0.326 e. The molecule has 18 heavy (non-hydrogen) atoms. The van der Waals surface area contributed by atoms with Crippen molar-refractivity contribution in [2.45, 2.75) is 13.8 Å². The summed E-state index contributed by atoms with van der Waals surface area (Å²) in [5, 5.41) is 0.431. The van der Waals surface area contributed by atoms with Crippen molar-refractivity contribution in [3.63, 3.8) is 0 Å². The summed E-state index contributed by atoms with van der Waals surface area (Å²) in [6.07, 6.45) is 1.43. The van der Waals surface area contributed by atoms with Gasteiger partial charge in [-0.1, -0.05) is 11.6 Å². The van der Waals surface area contributed by atoms with Crippen LogP contribution in [0.15, 0.2) is 30.6 Å². The molecule has 0 saturated heterocycles. The Bertz CT molecular complexity index is 542. The first-order chi connectivity index (χ1) is 8.63. The Morgan fingerprint density at radius 3 is 2.50 bits per heavy atom. The van der Waals surface area contributed by atoms with E-state index >= 15 is 0 Å². The van der Waals surface area contributed by atoms with Gasteiger partial charge in [0.2, 0.25) is 0 Å². The zero-order chi connectivity index (χ0) is 13.1. The summed E-state index contributed by atoms with van der Waals surface area (Å²) < 4.78 is 12.9. The van der Waals surface area contributed by atoms with E-state index in [1.807, 2.05) is 18.7 Å². The average Bonchev–Trinajstić information content (AvgIpc) is 2.37. The second kappa shape index (κ2) is 5.31. The van der Waals surface area contributed by atoms with Crippen LogP contribution >= 0.6 is 11.6 Å². The summed E-state index contributed by atoms with van der Waals surface area (Å²) in [4.78, 5) is 10.1. The normalized spacial score (nSPS) is 10.4. The molecule has 0 N–H and O–H groups in total. The third kappa shape index (κ3) is 2.43. The van der Waals surface area contributed by atoms with Crippen molar-refractivity contribution in [2.75, 3.05) is 11.4 Å². The number of rotatable bonds is 3. The van der Waals surface area contributed by atoms with Crippen LogP contribution in [-0.2, 0) is 0 Å². The molecule has 94 valence electrons. The molecule has 0 aliphatic rings. The summed E-state index contributed by atoms with van der Waals surface area (Å²) in [5.74, 6) is 0.483. The van der Waals surface area contributed by atoms with Gasteiger partial charge >= 0.3 is 0 Å². The predicted molar refractivity (Wildman–Crippen MR) is 70.9 cm³/mol. The van der Waals surface area contributed by atoms with Gasteiger partial charge in [-0.3, -0.25) is 0 Å². The lowest BCUT2D eigenvalue weighted by atomic mass is 10.2. The van der Waals surface area contributed by atoms with Crippen molar-refractivity contribution in [3.05, 3.63) is 47.1 Å². The zero-order valence-corrected chi connectivity index (χ0v) is 10.9. The van der Waals surface area contributed by atoms with Crippen molar-refractivity contribution in [3.8, 4) is 0 Å². The van der Waals surface area contributed by atoms with Crippen molar-refractivity contribution >= 4 is 23.1 Å². The molecule has 1 aromatic heterocycles. The second-order valence-corrected chi connectivity index (χ2v) is 4.19. The van der Waals surface area contributed by atoms with Gasteiger partial charge in [0, 0.05) is 17.8 Å². The first-order valence-electron chi connectivity index (χ1n) is 5.63. The van der Waals surface area contributed by atoms with E-state index in [-0.39, 0.29) is 5.82 Å². The van der Waals surface area contributed by atoms with Crippen molar-refractivity contribution < 1.29 is 4.39 Å². The fourth-order valence-corrected chi connectivity index (χ4v) is 1.90. The molecule has 0 atom stereocenters. The fourth-order valence-electron chi connectivity index (χ4n) is 1.77. The maximum Gasteiger partial charge on any atom is 0.140 e. The fraction of sp³-hybridized carbons (Fsp3) is 0.231. The highest BCUT2D eigenvalue weighted by Gasteiger charge is 2.13. The standard InChI is InChI=1S/C13H13ClFN3/c1-3-18(11-6-4-10(15)5-7-11)13-9(2)12(14)16-8-17-13/h4-8H,3H2,1-2H3. The molecule has 0 radical (unpaired) electrons. The lowest BCUT2D eigenvalue weighted by Gasteiger charge is -2.23. The molecule has 0 aliphatic carbocycles. The topological polar surface area (TPSA) is 29.0 Å². The second-order valence-electron chi connectivity index (χ2n) is 3.83. The van der Waals surface area contributed by atoms with Gasteiger partial charge in [0.15, 0.2) is 0 Å². The molecule has 0 amide bonds. The van der Waals surface area contributed by atoms with E-state index in [1.54, 1.807) is 12.1 Å². The van der Waals surface area contributed by atoms with Crippen LogP contribution in [0.4, 0.5) is 15.9 Å². The van der Waals surface area contributed by atoms with Crippen LogP contribution in [0.5, 0.6) is 0 Å². The van der Waals surface area contributed by atoms with Gasteiger partial charge in [0.05, 0.1) is 0 Å². The van der Waals surface area contributed by atoms with Gasteiger partial charge in [-0.05, 0) is 38.1 Å². The quantitative estimate of drug-likeness (QED) is 0.792. The molecule has 0 unspecified atom stereocenters. The van der Waals surface area contributed by atoms with E-state index in [0.717, 1.165) is 17.1 Å². The molecular weight excluding hydrogens is 253 g/mol. The third-order valence-electron chi connectivity index (χ3n) is 2.71. The van der Waals surface area contributed by atoms with Crippen molar-refractivity contribution in [1.29, 1.82) is 0 Å². The largest absolute Gasteiger partial charge is 0.326 e. The van der Waals surface area contributed by atoms with Gasteiger partial charge in [0.25, 0.3) is 0 Å². The lowest BCUT2D eigenvalue weighted by Crippen LogP contribution is -2.18. The van der Waals surface area contributed by atoms with Gasteiger partial charge < -0.3 is 4.90 Å². The first kappa shape index (κ1) is 12.8. The van der Waals surface area contributed by atoms with Crippen LogP contribution in [0, 0.1) is 12.7 Å². The Kier molecular flexibility index (Phi) is 3.77. The molecule has 5 heteroatoms. The van der Waals surface area contributed by atoms with Gasteiger partial charge in [-0.25, -0.2) is 14.4 Å². The Morgan fingerprint density at radius 1 is 1.22 bits per heavy atom. The Labute approximate surface area is 110 Å². The number of hydrogen-bond acceptors (Lipinski definition) is 3. The summed E-state index contributed by atoms with van der Waals surface area (Å²) in [7, 11) is 0. The molecule has 1 aromatic carbocycles. The van der Waals surface area contributed by atoms with Gasteiger partial charge in [-0.15, -0.1) is 0 Å². The van der Waals surface area contributed by atoms with Crippen LogP contribution < -0.4 is 4.90 Å². The highest BCUT2D eigenvalue weighted by molar-refractivity contribution is 6.30. The molecule has 0 spiro atoms. The number of nitrogens with zero attached hydrogens (tertiary/aromatic N) is 3. The number of halogens is 2. The molecule has 0 saturated carbocycles. The van der Waals surface area contributed by atoms with Crippen molar-refractivity contribution in [2.24, 2.45) is 0 Å². The first-order valence-corrected chi connectivity index (χ1v) is 6.01. The highest BCUT2D eigenvalue weighted by Crippen LogP contribution is 2.28. The van der Waals surface area contributed by atoms with Gasteiger partial charge in [-0.2, -0.15) is 0 Å². The summed E-state index contributed by atoms with van der Waals surface area (Å²) in [5.41, 5.74) is 1.68. The van der Waals surface area contributed by atoms with Crippen LogP contribution in [0.1, 0.15) is 12.5 Å². The Balaban J connectivity index is 2.45. The molecule has 2 aromatic rings. The summed E-state index contributed by atoms with van der Waals surface area (Å²) in [6.45, 7) is 4.57. The molecule has 3 nitrogen and oxygen atoms in total. The van der Waals surface area contributed by atoms with E-state index in [1.165, 1.54) is 18.5 Å². The van der Waals surface area contributed by atoms with Crippen LogP contribution in [0.25, 0.3) is 0 Å². The summed E-state index contributed by atoms with van der Waals surface area (Å²) in [6, 6.07) is 6.29. The molecule has 0 aliphatic heterocycles. The average molecular weight is 266 g/mol. The van der Waals surface area contributed by atoms with E-state index in [2.05, 4.69) is 9.97 Å². The predicted octanol–water partition coefficient (Wildman–Crippen LogP) is 3.74. The van der Waals surface area contributed by atoms with Crippen LogP contribution in [0.3, 0.4) is 0 Å². The maximum absolute atomic E-state index is 12.9. The molecule has 1 heterocycles. The number of benzene rings is 1. The highest BCUT2D eigenvalue weighted by atomic mass is 35.5. The number of hydrogen-bond donors (Lipinski definition) is 0. The van der Waals surface area contributed by atoms with Crippen LogP contribution in [-0.4, -0.2) is 16.5 Å². The Morgan fingerprint density at radius 2 is 1.89 bits per heavy atom. The SMILES string of the molecule is CCN(c1ccc(F)cc1)c1ncnc(Cl)c1C. The third-order valence-corrected chi connectivity index (χ3v) is 3.09. The van der Waals surface area contributed by atoms with E-state index in [4.69, 9.17) is 11.6 Å². The minimum absolute atomic E-state index is 0.257. The molecule has 2 rings (SSSR count). The molecular formula is C13H13ClFN3. The van der Waals surface area contributed by atoms with E-state index in [9.17, 15) is 4.39 Å².